The lowest BCUT2D eigenvalue weighted by Gasteiger charge is -2.22. The van der Waals surface area contributed by atoms with Crippen molar-refractivity contribution in [2.75, 3.05) is 25.4 Å². The van der Waals surface area contributed by atoms with Crippen molar-refractivity contribution in [3.05, 3.63) is 0 Å². The van der Waals surface area contributed by atoms with Crippen molar-refractivity contribution >= 4 is 10.0 Å². The Morgan fingerprint density at radius 1 is 1.43 bits per heavy atom. The van der Waals surface area contributed by atoms with Gasteiger partial charge in [-0.05, 0) is 32.7 Å². The molecule has 2 aliphatic rings. The van der Waals surface area contributed by atoms with Crippen LogP contribution in [0, 0.1) is 0 Å². The first kappa shape index (κ1) is 10.4. The van der Waals surface area contributed by atoms with Gasteiger partial charge in [0.2, 0.25) is 10.0 Å². The molecular weight excluding hydrogens is 200 g/mol. The number of rotatable bonds is 2. The second-order valence-corrected chi connectivity index (χ2v) is 6.55. The van der Waals surface area contributed by atoms with Gasteiger partial charge in [0.25, 0.3) is 0 Å². The molecular formula is C9H18N2O2S. The quantitative estimate of drug-likeness (QED) is 0.718. The maximum Gasteiger partial charge on any atom is 0.213 e. The normalized spacial score (nSPS) is 27.5. The van der Waals surface area contributed by atoms with Gasteiger partial charge in [0.1, 0.15) is 0 Å². The lowest BCUT2D eigenvalue weighted by atomic mass is 10.3. The molecule has 0 amide bonds. The second kappa shape index (κ2) is 3.47. The van der Waals surface area contributed by atoms with Crippen LogP contribution in [0.4, 0.5) is 0 Å². The van der Waals surface area contributed by atoms with E-state index in [1.165, 1.54) is 0 Å². The highest BCUT2D eigenvalue weighted by Crippen LogP contribution is 2.37. The molecule has 2 rings (SSSR count). The van der Waals surface area contributed by atoms with Crippen molar-refractivity contribution in [2.45, 2.75) is 31.7 Å². The van der Waals surface area contributed by atoms with Gasteiger partial charge in [-0.15, -0.1) is 0 Å². The third-order valence-electron chi connectivity index (χ3n) is 3.18. The molecule has 1 N–H and O–H groups in total. The van der Waals surface area contributed by atoms with Crippen molar-refractivity contribution in [1.82, 2.24) is 9.62 Å². The van der Waals surface area contributed by atoms with Gasteiger partial charge >= 0.3 is 0 Å². The zero-order valence-corrected chi connectivity index (χ0v) is 9.44. The van der Waals surface area contributed by atoms with Crippen molar-refractivity contribution in [3.63, 3.8) is 0 Å². The first-order valence-corrected chi connectivity index (χ1v) is 6.92. The van der Waals surface area contributed by atoms with E-state index < -0.39 is 10.0 Å². The summed E-state index contributed by atoms with van der Waals surface area (Å²) in [6, 6.07) is 0. The number of nitrogens with zero attached hydrogens (tertiary/aromatic N) is 1. The monoisotopic (exact) mass is 218 g/mol. The van der Waals surface area contributed by atoms with Gasteiger partial charge in [0.05, 0.1) is 5.75 Å². The van der Waals surface area contributed by atoms with E-state index in [4.69, 9.17) is 0 Å². The zero-order valence-electron chi connectivity index (χ0n) is 8.62. The molecule has 1 saturated heterocycles. The van der Waals surface area contributed by atoms with E-state index in [-0.39, 0.29) is 11.3 Å². The molecule has 0 aromatic heterocycles. The summed E-state index contributed by atoms with van der Waals surface area (Å²) in [5, 5.41) is 3.45. The van der Waals surface area contributed by atoms with E-state index in [1.54, 1.807) is 11.2 Å². The molecule has 1 aliphatic carbocycles. The van der Waals surface area contributed by atoms with Crippen molar-refractivity contribution in [3.8, 4) is 0 Å². The van der Waals surface area contributed by atoms with Crippen LogP contribution in [-0.2, 0) is 10.0 Å². The van der Waals surface area contributed by atoms with E-state index in [2.05, 4.69) is 5.32 Å². The van der Waals surface area contributed by atoms with E-state index in [9.17, 15) is 8.42 Å². The van der Waals surface area contributed by atoms with E-state index >= 15 is 0 Å². The predicted octanol–water partition coefficient (Wildman–Crippen LogP) is 0.164. The molecule has 2 fully saturated rings. The minimum Gasteiger partial charge on any atom is -0.310 e. The fourth-order valence-corrected chi connectivity index (χ4v) is 3.20. The van der Waals surface area contributed by atoms with Crippen LogP contribution in [0.3, 0.4) is 0 Å². The molecule has 0 unspecified atom stereocenters. The Bertz CT molecular complexity index is 309. The number of hydrogen-bond acceptors (Lipinski definition) is 3. The van der Waals surface area contributed by atoms with Gasteiger partial charge in [-0.2, -0.15) is 0 Å². The molecule has 14 heavy (non-hydrogen) atoms. The van der Waals surface area contributed by atoms with Gasteiger partial charge in [-0.1, -0.05) is 0 Å². The van der Waals surface area contributed by atoms with Crippen molar-refractivity contribution in [2.24, 2.45) is 0 Å². The zero-order chi connectivity index (χ0) is 10.2. The molecule has 82 valence electrons. The van der Waals surface area contributed by atoms with Crippen LogP contribution < -0.4 is 5.32 Å². The molecule has 1 saturated carbocycles. The lowest BCUT2D eigenvalue weighted by Crippen LogP contribution is -2.42. The summed E-state index contributed by atoms with van der Waals surface area (Å²) < 4.78 is 25.1. The van der Waals surface area contributed by atoms with E-state index in [0.29, 0.717) is 13.1 Å². The molecule has 1 heterocycles. The molecule has 1 aliphatic heterocycles. The van der Waals surface area contributed by atoms with Crippen LogP contribution in [0.5, 0.6) is 0 Å². The maximum atomic E-state index is 11.7. The third-order valence-corrected chi connectivity index (χ3v) is 5.00. The summed E-state index contributed by atoms with van der Waals surface area (Å²) in [6.07, 6.45) is 3.19. The van der Waals surface area contributed by atoms with E-state index in [0.717, 1.165) is 25.8 Å². The molecule has 0 bridgehead atoms. The van der Waals surface area contributed by atoms with Crippen LogP contribution in [-0.4, -0.2) is 43.6 Å². The summed E-state index contributed by atoms with van der Waals surface area (Å²) in [5.41, 5.74) is 0.138. The van der Waals surface area contributed by atoms with Gasteiger partial charge < -0.3 is 5.32 Å². The average molecular weight is 218 g/mol. The molecule has 1 spiro atoms. The Labute approximate surface area is 85.7 Å². The van der Waals surface area contributed by atoms with Crippen molar-refractivity contribution < 1.29 is 8.42 Å². The van der Waals surface area contributed by atoms with Crippen LogP contribution >= 0.6 is 0 Å². The summed E-state index contributed by atoms with van der Waals surface area (Å²) in [5.74, 6) is 0.225. The summed E-state index contributed by atoms with van der Waals surface area (Å²) >= 11 is 0. The number of nitrogens with one attached hydrogen (secondary N) is 1. The Balaban J connectivity index is 2.11. The van der Waals surface area contributed by atoms with Gasteiger partial charge in [-0.25, -0.2) is 12.7 Å². The molecule has 4 nitrogen and oxygen atoms in total. The Kier molecular flexibility index (Phi) is 2.57. The smallest absolute Gasteiger partial charge is 0.213 e. The van der Waals surface area contributed by atoms with E-state index in [1.807, 2.05) is 0 Å². The third kappa shape index (κ3) is 1.94. The van der Waals surface area contributed by atoms with Gasteiger partial charge in [0, 0.05) is 18.6 Å². The topological polar surface area (TPSA) is 49.4 Å². The maximum absolute atomic E-state index is 11.7. The number of hydrogen-bond donors (Lipinski definition) is 1. The minimum absolute atomic E-state index is 0.138. The largest absolute Gasteiger partial charge is 0.310 e. The lowest BCUT2D eigenvalue weighted by molar-refractivity contribution is 0.384. The Morgan fingerprint density at radius 3 is 2.71 bits per heavy atom. The summed E-state index contributed by atoms with van der Waals surface area (Å²) in [4.78, 5) is 0. The predicted molar refractivity (Wildman–Crippen MR) is 55.6 cm³/mol. The highest BCUT2D eigenvalue weighted by molar-refractivity contribution is 7.89. The fraction of sp³-hybridized carbons (Fsp3) is 1.00. The molecule has 0 atom stereocenters. The summed E-state index contributed by atoms with van der Waals surface area (Å²) in [6.45, 7) is 4.04. The van der Waals surface area contributed by atoms with Crippen LogP contribution in [0.1, 0.15) is 26.2 Å². The average Bonchev–Trinajstić information content (AvgIpc) is 2.94. The first-order chi connectivity index (χ1) is 6.58. The highest BCUT2D eigenvalue weighted by atomic mass is 32.2. The van der Waals surface area contributed by atoms with Crippen LogP contribution in [0.15, 0.2) is 0 Å². The number of sulfonamides is 1. The van der Waals surface area contributed by atoms with Gasteiger partial charge in [-0.3, -0.25) is 0 Å². The van der Waals surface area contributed by atoms with Gasteiger partial charge in [0.15, 0.2) is 0 Å². The second-order valence-electron chi connectivity index (χ2n) is 4.29. The molecule has 0 aromatic rings. The van der Waals surface area contributed by atoms with Crippen LogP contribution in [0.2, 0.25) is 0 Å². The van der Waals surface area contributed by atoms with Crippen molar-refractivity contribution in [1.29, 1.82) is 0 Å². The SMILES string of the molecule is CCS(=O)(=O)N1CCCNC2(CC2)C1. The summed E-state index contributed by atoms with van der Waals surface area (Å²) in [7, 11) is -2.98. The Hall–Kier alpha value is -0.130. The standard InChI is InChI=1S/C9H18N2O2S/c1-2-14(12,13)11-7-3-6-10-9(8-11)4-5-9/h10H,2-8H2,1H3. The highest BCUT2D eigenvalue weighted by Gasteiger charge is 2.46. The first-order valence-electron chi connectivity index (χ1n) is 5.31. The molecule has 0 radical (unpaired) electrons. The Morgan fingerprint density at radius 2 is 2.14 bits per heavy atom. The van der Waals surface area contributed by atoms with Crippen LogP contribution in [0.25, 0.3) is 0 Å². The fourth-order valence-electron chi connectivity index (χ4n) is 1.99. The molecule has 0 aromatic carbocycles. The minimum atomic E-state index is -2.98. The molecule has 5 heteroatoms.